The molecule has 1 aromatic rings. The number of carboxylic acid groups (broad SMARTS) is 1. The minimum Gasteiger partial charge on any atom is -0.497 e. The third kappa shape index (κ3) is 5.17. The zero-order chi connectivity index (χ0) is 15.0. The van der Waals surface area contributed by atoms with Crippen molar-refractivity contribution >= 4 is 17.6 Å². The second-order valence-electron chi connectivity index (χ2n) is 4.22. The van der Waals surface area contributed by atoms with Crippen LogP contribution in [0.1, 0.15) is 25.7 Å². The number of carbonyl (C=O) groups is 2. The topological polar surface area (TPSA) is 84.9 Å². The number of unbranched alkanes of at least 4 members (excludes halogenated alkanes) is 1. The van der Waals surface area contributed by atoms with Gasteiger partial charge in [-0.25, -0.2) is 0 Å². The first-order valence-corrected chi connectivity index (χ1v) is 6.30. The van der Waals surface area contributed by atoms with Crippen molar-refractivity contribution in [3.8, 4) is 11.5 Å². The highest BCUT2D eigenvalue weighted by Crippen LogP contribution is 2.29. The molecule has 1 amide bonds. The molecule has 6 heteroatoms. The summed E-state index contributed by atoms with van der Waals surface area (Å²) in [5, 5.41) is 11.2. The van der Waals surface area contributed by atoms with Gasteiger partial charge in [-0.2, -0.15) is 0 Å². The lowest BCUT2D eigenvalue weighted by Crippen LogP contribution is -2.12. The smallest absolute Gasteiger partial charge is 0.303 e. The van der Waals surface area contributed by atoms with Gasteiger partial charge in [-0.15, -0.1) is 0 Å². The molecule has 0 spiro atoms. The number of benzene rings is 1. The third-order valence-corrected chi connectivity index (χ3v) is 2.73. The first-order valence-electron chi connectivity index (χ1n) is 6.30. The van der Waals surface area contributed by atoms with Gasteiger partial charge in [0, 0.05) is 18.9 Å². The molecule has 0 atom stereocenters. The number of methoxy groups -OCH3 is 2. The van der Waals surface area contributed by atoms with E-state index in [2.05, 4.69) is 5.32 Å². The van der Waals surface area contributed by atoms with Crippen LogP contribution in [0.2, 0.25) is 0 Å². The molecule has 0 saturated carbocycles. The molecule has 0 heterocycles. The molecule has 6 nitrogen and oxygen atoms in total. The highest BCUT2D eigenvalue weighted by Gasteiger charge is 2.09. The summed E-state index contributed by atoms with van der Waals surface area (Å²) in [6, 6.07) is 5.11. The lowest BCUT2D eigenvalue weighted by atomic mass is 10.2. The number of nitrogens with one attached hydrogen (secondary N) is 1. The molecule has 20 heavy (non-hydrogen) atoms. The molecule has 1 aromatic carbocycles. The fourth-order valence-electron chi connectivity index (χ4n) is 1.68. The van der Waals surface area contributed by atoms with Gasteiger partial charge in [0.05, 0.1) is 19.9 Å². The number of aliphatic carboxylic acids is 1. The minimum absolute atomic E-state index is 0.0825. The van der Waals surface area contributed by atoms with Crippen LogP contribution in [0.4, 0.5) is 5.69 Å². The average Bonchev–Trinajstić information content (AvgIpc) is 2.43. The zero-order valence-electron chi connectivity index (χ0n) is 11.6. The summed E-state index contributed by atoms with van der Waals surface area (Å²) in [6.07, 6.45) is 1.39. The van der Waals surface area contributed by atoms with Crippen LogP contribution in [0.3, 0.4) is 0 Å². The number of anilines is 1. The normalized spacial score (nSPS) is 9.90. The van der Waals surface area contributed by atoms with E-state index in [0.29, 0.717) is 30.0 Å². The Balaban J connectivity index is 2.51. The van der Waals surface area contributed by atoms with Crippen molar-refractivity contribution in [3.63, 3.8) is 0 Å². The molecule has 0 bridgehead atoms. The van der Waals surface area contributed by atoms with Crippen LogP contribution in [0.25, 0.3) is 0 Å². The quantitative estimate of drug-likeness (QED) is 0.714. The summed E-state index contributed by atoms with van der Waals surface area (Å²) in [6.45, 7) is 0. The van der Waals surface area contributed by atoms with Crippen molar-refractivity contribution in [1.82, 2.24) is 0 Å². The Morgan fingerprint density at radius 1 is 1.15 bits per heavy atom. The molecular formula is C14H19NO5. The van der Waals surface area contributed by atoms with Crippen LogP contribution < -0.4 is 14.8 Å². The van der Waals surface area contributed by atoms with Crippen molar-refractivity contribution in [1.29, 1.82) is 0 Å². The molecule has 2 N–H and O–H groups in total. The van der Waals surface area contributed by atoms with Gasteiger partial charge in [-0.05, 0) is 25.0 Å². The summed E-state index contributed by atoms with van der Waals surface area (Å²) >= 11 is 0. The van der Waals surface area contributed by atoms with Crippen molar-refractivity contribution < 1.29 is 24.2 Å². The Labute approximate surface area is 117 Å². The van der Waals surface area contributed by atoms with E-state index in [-0.39, 0.29) is 18.7 Å². The molecule has 1 rings (SSSR count). The number of hydrogen-bond donors (Lipinski definition) is 2. The van der Waals surface area contributed by atoms with Gasteiger partial charge in [-0.1, -0.05) is 0 Å². The maximum Gasteiger partial charge on any atom is 0.303 e. The Kier molecular flexibility index (Phi) is 6.36. The maximum atomic E-state index is 11.7. The predicted octanol–water partition coefficient (Wildman–Crippen LogP) is 2.29. The van der Waals surface area contributed by atoms with Gasteiger partial charge in [0.1, 0.15) is 11.5 Å². The first-order chi connectivity index (χ1) is 9.56. The van der Waals surface area contributed by atoms with E-state index >= 15 is 0 Å². The van der Waals surface area contributed by atoms with Gasteiger partial charge >= 0.3 is 5.97 Å². The van der Waals surface area contributed by atoms with Crippen LogP contribution in [0, 0.1) is 0 Å². The summed E-state index contributed by atoms with van der Waals surface area (Å²) < 4.78 is 10.2. The van der Waals surface area contributed by atoms with Gasteiger partial charge in [0.25, 0.3) is 0 Å². The molecule has 0 aliphatic rings. The molecule has 0 saturated heterocycles. The van der Waals surface area contributed by atoms with Crippen LogP contribution in [-0.2, 0) is 9.59 Å². The number of ether oxygens (including phenoxy) is 2. The Bertz CT molecular complexity index is 473. The standard InChI is InChI=1S/C14H19NO5/c1-19-10-7-8-11(12(9-10)20-2)15-13(16)5-3-4-6-14(17)18/h7-9H,3-6H2,1-2H3,(H,15,16)(H,17,18). The minimum atomic E-state index is -0.845. The average molecular weight is 281 g/mol. The van der Waals surface area contributed by atoms with Crippen molar-refractivity contribution in [3.05, 3.63) is 18.2 Å². The zero-order valence-corrected chi connectivity index (χ0v) is 11.6. The molecule has 0 unspecified atom stereocenters. The SMILES string of the molecule is COc1ccc(NC(=O)CCCCC(=O)O)c(OC)c1. The van der Waals surface area contributed by atoms with E-state index in [4.69, 9.17) is 14.6 Å². The number of carbonyl (C=O) groups excluding carboxylic acids is 1. The van der Waals surface area contributed by atoms with Crippen LogP contribution in [0.15, 0.2) is 18.2 Å². The van der Waals surface area contributed by atoms with E-state index in [9.17, 15) is 9.59 Å². The van der Waals surface area contributed by atoms with Crippen LogP contribution >= 0.6 is 0 Å². The van der Waals surface area contributed by atoms with Crippen molar-refractivity contribution in [2.45, 2.75) is 25.7 Å². The summed E-state index contributed by atoms with van der Waals surface area (Å²) in [5.41, 5.74) is 0.566. The van der Waals surface area contributed by atoms with Gasteiger partial charge < -0.3 is 19.9 Å². The molecule has 0 aromatic heterocycles. The molecule has 0 aliphatic carbocycles. The predicted molar refractivity (Wildman–Crippen MR) is 74.3 cm³/mol. The van der Waals surface area contributed by atoms with E-state index in [1.807, 2.05) is 0 Å². The monoisotopic (exact) mass is 281 g/mol. The van der Waals surface area contributed by atoms with E-state index in [1.165, 1.54) is 7.11 Å². The van der Waals surface area contributed by atoms with Crippen LogP contribution in [0.5, 0.6) is 11.5 Å². The van der Waals surface area contributed by atoms with E-state index in [0.717, 1.165) is 0 Å². The van der Waals surface area contributed by atoms with E-state index < -0.39 is 5.97 Å². The third-order valence-electron chi connectivity index (χ3n) is 2.73. The van der Waals surface area contributed by atoms with Crippen molar-refractivity contribution in [2.75, 3.05) is 19.5 Å². The number of hydrogen-bond acceptors (Lipinski definition) is 4. The molecule has 0 fully saturated rings. The molecular weight excluding hydrogens is 262 g/mol. The molecule has 0 radical (unpaired) electrons. The second kappa shape index (κ2) is 8.04. The van der Waals surface area contributed by atoms with Crippen molar-refractivity contribution in [2.24, 2.45) is 0 Å². The maximum absolute atomic E-state index is 11.7. The molecule has 0 aliphatic heterocycles. The summed E-state index contributed by atoms with van der Waals surface area (Å²) in [7, 11) is 3.06. The van der Waals surface area contributed by atoms with Gasteiger partial charge in [0.15, 0.2) is 0 Å². The Morgan fingerprint density at radius 2 is 1.85 bits per heavy atom. The second-order valence-corrected chi connectivity index (χ2v) is 4.22. The number of amides is 1. The Hall–Kier alpha value is -2.24. The lowest BCUT2D eigenvalue weighted by molar-refractivity contribution is -0.137. The fourth-order valence-corrected chi connectivity index (χ4v) is 1.68. The van der Waals surface area contributed by atoms with Gasteiger partial charge in [0.2, 0.25) is 5.91 Å². The number of rotatable bonds is 8. The Morgan fingerprint density at radius 3 is 2.45 bits per heavy atom. The molecule has 110 valence electrons. The number of carboxylic acids is 1. The summed E-state index contributed by atoms with van der Waals surface area (Å²) in [5.74, 6) is 0.144. The largest absolute Gasteiger partial charge is 0.497 e. The van der Waals surface area contributed by atoms with E-state index in [1.54, 1.807) is 25.3 Å². The highest BCUT2D eigenvalue weighted by atomic mass is 16.5. The van der Waals surface area contributed by atoms with Crippen LogP contribution in [-0.4, -0.2) is 31.2 Å². The van der Waals surface area contributed by atoms with Gasteiger partial charge in [-0.3, -0.25) is 9.59 Å². The summed E-state index contributed by atoms with van der Waals surface area (Å²) in [4.78, 5) is 22.1. The lowest BCUT2D eigenvalue weighted by Gasteiger charge is -2.11. The fraction of sp³-hybridized carbons (Fsp3) is 0.429. The first kappa shape index (κ1) is 15.8. The highest BCUT2D eigenvalue weighted by molar-refractivity contribution is 5.92.